The maximum Gasteiger partial charge on any atom is 0.233 e. The van der Waals surface area contributed by atoms with Gasteiger partial charge >= 0.3 is 0 Å². The van der Waals surface area contributed by atoms with Crippen LogP contribution < -0.4 is 5.32 Å². The standard InChI is InChI=1S/C13H18N2O2/c1-4-11(16)13(2,3)12(17)15-9-10-7-5-6-8-14-10/h5-8H,4,9H2,1-3H3,(H,15,17). The van der Waals surface area contributed by atoms with Crippen molar-refractivity contribution in [1.29, 1.82) is 0 Å². The van der Waals surface area contributed by atoms with Gasteiger partial charge in [-0.3, -0.25) is 14.6 Å². The summed E-state index contributed by atoms with van der Waals surface area (Å²) in [5, 5.41) is 2.73. The SMILES string of the molecule is CCC(=O)C(C)(C)C(=O)NCc1ccccn1. The molecule has 17 heavy (non-hydrogen) atoms. The monoisotopic (exact) mass is 234 g/mol. The number of hydrogen-bond acceptors (Lipinski definition) is 3. The Balaban J connectivity index is 2.58. The second kappa shape index (κ2) is 5.57. The van der Waals surface area contributed by atoms with E-state index in [1.807, 2.05) is 18.2 Å². The molecule has 1 N–H and O–H groups in total. The molecule has 1 aromatic heterocycles. The first-order chi connectivity index (χ1) is 7.98. The molecule has 0 unspecified atom stereocenters. The predicted molar refractivity (Wildman–Crippen MR) is 65.2 cm³/mol. The van der Waals surface area contributed by atoms with Crippen molar-refractivity contribution in [3.63, 3.8) is 0 Å². The summed E-state index contributed by atoms with van der Waals surface area (Å²) in [4.78, 5) is 27.6. The Morgan fingerprint density at radius 2 is 2.06 bits per heavy atom. The fourth-order valence-electron chi connectivity index (χ4n) is 1.46. The smallest absolute Gasteiger partial charge is 0.233 e. The minimum atomic E-state index is -0.969. The first kappa shape index (κ1) is 13.4. The normalized spacial score (nSPS) is 11.0. The van der Waals surface area contributed by atoms with E-state index in [0.29, 0.717) is 13.0 Å². The molecule has 1 rings (SSSR count). The quantitative estimate of drug-likeness (QED) is 0.789. The largest absolute Gasteiger partial charge is 0.350 e. The van der Waals surface area contributed by atoms with Crippen molar-refractivity contribution in [3.8, 4) is 0 Å². The molecule has 1 heterocycles. The maximum atomic E-state index is 11.9. The van der Waals surface area contributed by atoms with E-state index in [2.05, 4.69) is 10.3 Å². The molecular weight excluding hydrogens is 216 g/mol. The molecule has 0 aromatic carbocycles. The van der Waals surface area contributed by atoms with E-state index in [-0.39, 0.29) is 11.7 Å². The maximum absolute atomic E-state index is 11.9. The highest BCUT2D eigenvalue weighted by Gasteiger charge is 2.33. The van der Waals surface area contributed by atoms with E-state index in [1.54, 1.807) is 27.0 Å². The Morgan fingerprint density at radius 3 is 2.59 bits per heavy atom. The van der Waals surface area contributed by atoms with Gasteiger partial charge in [0.2, 0.25) is 5.91 Å². The molecule has 0 aliphatic carbocycles. The highest BCUT2D eigenvalue weighted by atomic mass is 16.2. The van der Waals surface area contributed by atoms with Crippen molar-refractivity contribution < 1.29 is 9.59 Å². The predicted octanol–water partition coefficient (Wildman–Crippen LogP) is 1.70. The molecule has 0 aliphatic heterocycles. The van der Waals surface area contributed by atoms with Gasteiger partial charge in [-0.15, -0.1) is 0 Å². The Hall–Kier alpha value is -1.71. The minimum absolute atomic E-state index is 0.0592. The van der Waals surface area contributed by atoms with Gasteiger partial charge in [0, 0.05) is 12.6 Å². The van der Waals surface area contributed by atoms with Gasteiger partial charge in [0.25, 0.3) is 0 Å². The van der Waals surface area contributed by atoms with Crippen LogP contribution in [0.5, 0.6) is 0 Å². The zero-order valence-corrected chi connectivity index (χ0v) is 10.5. The van der Waals surface area contributed by atoms with Gasteiger partial charge in [0.05, 0.1) is 12.2 Å². The minimum Gasteiger partial charge on any atom is -0.350 e. The number of rotatable bonds is 5. The van der Waals surface area contributed by atoms with Gasteiger partial charge < -0.3 is 5.32 Å². The molecule has 4 heteroatoms. The zero-order valence-electron chi connectivity index (χ0n) is 10.5. The lowest BCUT2D eigenvalue weighted by Crippen LogP contribution is -2.41. The van der Waals surface area contributed by atoms with Crippen LogP contribution in [0, 0.1) is 5.41 Å². The average Bonchev–Trinajstić information content (AvgIpc) is 2.35. The van der Waals surface area contributed by atoms with Gasteiger partial charge in [-0.2, -0.15) is 0 Å². The van der Waals surface area contributed by atoms with Crippen LogP contribution in [-0.4, -0.2) is 16.7 Å². The van der Waals surface area contributed by atoms with E-state index in [4.69, 9.17) is 0 Å². The van der Waals surface area contributed by atoms with Crippen molar-refractivity contribution in [1.82, 2.24) is 10.3 Å². The lowest BCUT2D eigenvalue weighted by Gasteiger charge is -2.21. The Labute approximate surface area is 101 Å². The molecule has 0 aliphatic rings. The first-order valence-corrected chi connectivity index (χ1v) is 5.70. The molecule has 4 nitrogen and oxygen atoms in total. The molecule has 0 radical (unpaired) electrons. The van der Waals surface area contributed by atoms with Crippen LogP contribution in [-0.2, 0) is 16.1 Å². The number of carbonyl (C=O) groups excluding carboxylic acids is 2. The molecule has 0 bridgehead atoms. The number of Topliss-reactive ketones (excluding diaryl/α,β-unsaturated/α-hetero) is 1. The molecule has 0 saturated carbocycles. The van der Waals surface area contributed by atoms with Gasteiger partial charge in [-0.1, -0.05) is 13.0 Å². The Kier molecular flexibility index (Phi) is 4.37. The number of hydrogen-bond donors (Lipinski definition) is 1. The van der Waals surface area contributed by atoms with Crippen molar-refractivity contribution in [2.24, 2.45) is 5.41 Å². The van der Waals surface area contributed by atoms with E-state index < -0.39 is 5.41 Å². The molecule has 0 fully saturated rings. The van der Waals surface area contributed by atoms with Crippen LogP contribution in [0.1, 0.15) is 32.9 Å². The van der Waals surface area contributed by atoms with Crippen LogP contribution in [0.25, 0.3) is 0 Å². The number of aromatic nitrogens is 1. The number of carbonyl (C=O) groups is 2. The van der Waals surface area contributed by atoms with Gasteiger partial charge in [-0.05, 0) is 26.0 Å². The van der Waals surface area contributed by atoms with Crippen LogP contribution in [0.3, 0.4) is 0 Å². The number of amides is 1. The summed E-state index contributed by atoms with van der Waals surface area (Å²) in [6.07, 6.45) is 2.04. The van der Waals surface area contributed by atoms with E-state index in [0.717, 1.165) is 5.69 Å². The fraction of sp³-hybridized carbons (Fsp3) is 0.462. The highest BCUT2D eigenvalue weighted by Crippen LogP contribution is 2.18. The summed E-state index contributed by atoms with van der Waals surface area (Å²) in [5.41, 5.74) is -0.190. The Morgan fingerprint density at radius 1 is 1.35 bits per heavy atom. The lowest BCUT2D eigenvalue weighted by atomic mass is 9.85. The third kappa shape index (κ3) is 3.37. The topological polar surface area (TPSA) is 59.1 Å². The summed E-state index contributed by atoms with van der Waals surface area (Å²) in [5.74, 6) is -0.314. The lowest BCUT2D eigenvalue weighted by molar-refractivity contribution is -0.140. The molecular formula is C13H18N2O2. The van der Waals surface area contributed by atoms with Crippen molar-refractivity contribution >= 4 is 11.7 Å². The second-order valence-corrected chi connectivity index (χ2v) is 4.41. The Bertz CT molecular complexity index is 399. The van der Waals surface area contributed by atoms with Crippen LogP contribution >= 0.6 is 0 Å². The molecule has 1 aromatic rings. The van der Waals surface area contributed by atoms with E-state index in [1.165, 1.54) is 0 Å². The number of nitrogens with one attached hydrogen (secondary N) is 1. The van der Waals surface area contributed by atoms with Crippen molar-refractivity contribution in [2.45, 2.75) is 33.7 Å². The molecule has 0 atom stereocenters. The average molecular weight is 234 g/mol. The van der Waals surface area contributed by atoms with Crippen LogP contribution in [0.2, 0.25) is 0 Å². The van der Waals surface area contributed by atoms with Crippen LogP contribution in [0.4, 0.5) is 0 Å². The number of ketones is 1. The fourth-order valence-corrected chi connectivity index (χ4v) is 1.46. The molecule has 0 saturated heterocycles. The molecule has 92 valence electrons. The summed E-state index contributed by atoms with van der Waals surface area (Å²) < 4.78 is 0. The number of pyridine rings is 1. The zero-order chi connectivity index (χ0) is 12.9. The van der Waals surface area contributed by atoms with E-state index in [9.17, 15) is 9.59 Å². The highest BCUT2D eigenvalue weighted by molar-refractivity contribution is 6.05. The second-order valence-electron chi connectivity index (χ2n) is 4.41. The molecule has 0 spiro atoms. The summed E-state index contributed by atoms with van der Waals surface area (Å²) in [7, 11) is 0. The van der Waals surface area contributed by atoms with Gasteiger partial charge in [0.1, 0.15) is 11.2 Å². The number of nitrogens with zero attached hydrogens (tertiary/aromatic N) is 1. The third-order valence-corrected chi connectivity index (χ3v) is 2.74. The van der Waals surface area contributed by atoms with Gasteiger partial charge in [0.15, 0.2) is 0 Å². The third-order valence-electron chi connectivity index (χ3n) is 2.74. The summed E-state index contributed by atoms with van der Waals surface area (Å²) >= 11 is 0. The summed E-state index contributed by atoms with van der Waals surface area (Å²) in [6.45, 7) is 5.40. The first-order valence-electron chi connectivity index (χ1n) is 5.70. The van der Waals surface area contributed by atoms with E-state index >= 15 is 0 Å². The van der Waals surface area contributed by atoms with Crippen LogP contribution in [0.15, 0.2) is 24.4 Å². The summed E-state index contributed by atoms with van der Waals surface area (Å²) in [6, 6.07) is 5.50. The molecule has 1 amide bonds. The van der Waals surface area contributed by atoms with Gasteiger partial charge in [-0.25, -0.2) is 0 Å². The van der Waals surface area contributed by atoms with Crippen molar-refractivity contribution in [2.75, 3.05) is 0 Å². The van der Waals surface area contributed by atoms with Crippen molar-refractivity contribution in [3.05, 3.63) is 30.1 Å².